The van der Waals surface area contributed by atoms with E-state index in [2.05, 4.69) is 12.2 Å². The highest BCUT2D eigenvalue weighted by Crippen LogP contribution is 2.25. The summed E-state index contributed by atoms with van der Waals surface area (Å²) in [5, 5.41) is 2.95. The minimum Gasteiger partial charge on any atom is -0.484 e. The third-order valence-electron chi connectivity index (χ3n) is 2.97. The number of hydrogen-bond donors (Lipinski definition) is 1. The molecule has 0 bridgehead atoms. The van der Waals surface area contributed by atoms with Crippen molar-refractivity contribution in [3.8, 4) is 5.75 Å². The van der Waals surface area contributed by atoms with Gasteiger partial charge in [-0.05, 0) is 36.8 Å². The Morgan fingerprint density at radius 3 is 2.91 bits per heavy atom. The maximum absolute atomic E-state index is 12.9. The third kappa shape index (κ3) is 4.49. The molecule has 0 unspecified atom stereocenters. The van der Waals surface area contributed by atoms with E-state index in [1.54, 1.807) is 12.1 Å². The summed E-state index contributed by atoms with van der Waals surface area (Å²) in [7, 11) is 0. The number of unbranched alkanes of at least 4 members (excludes halogenated alkanes) is 1. The number of nitrogens with one attached hydrogen (secondary N) is 1. The van der Waals surface area contributed by atoms with E-state index in [-0.39, 0.29) is 23.3 Å². The van der Waals surface area contributed by atoms with Gasteiger partial charge in [0.15, 0.2) is 5.76 Å². The quantitative estimate of drug-likeness (QED) is 0.777. The zero-order valence-corrected chi connectivity index (χ0v) is 13.0. The second-order valence-corrected chi connectivity index (χ2v) is 5.15. The molecular weight excluding hydrogens is 309 g/mol. The summed E-state index contributed by atoms with van der Waals surface area (Å²) < 4.78 is 23.8. The van der Waals surface area contributed by atoms with Gasteiger partial charge in [0, 0.05) is 6.54 Å². The Morgan fingerprint density at radius 2 is 2.18 bits per heavy atom. The Labute approximate surface area is 133 Å². The first kappa shape index (κ1) is 16.4. The summed E-state index contributed by atoms with van der Waals surface area (Å²) in [5.41, 5.74) is 0. The second kappa shape index (κ2) is 7.84. The monoisotopic (exact) mass is 325 g/mol. The van der Waals surface area contributed by atoms with Crippen LogP contribution in [0.25, 0.3) is 0 Å². The maximum atomic E-state index is 12.9. The lowest BCUT2D eigenvalue weighted by Gasteiger charge is -2.06. The Kier molecular flexibility index (Phi) is 5.83. The van der Waals surface area contributed by atoms with Crippen molar-refractivity contribution in [3.63, 3.8) is 0 Å². The van der Waals surface area contributed by atoms with Crippen LogP contribution in [0.15, 0.2) is 34.7 Å². The molecule has 2 aromatic rings. The van der Waals surface area contributed by atoms with Gasteiger partial charge in [0.25, 0.3) is 5.91 Å². The number of rotatable bonds is 7. The summed E-state index contributed by atoms with van der Waals surface area (Å²) >= 11 is 5.86. The summed E-state index contributed by atoms with van der Waals surface area (Å²) in [6, 6.07) is 7.12. The number of hydrogen-bond acceptors (Lipinski definition) is 3. The van der Waals surface area contributed by atoms with E-state index in [1.165, 1.54) is 18.2 Å². The van der Waals surface area contributed by atoms with Crippen molar-refractivity contribution in [3.05, 3.63) is 52.7 Å². The van der Waals surface area contributed by atoms with Crippen LogP contribution < -0.4 is 10.1 Å². The molecule has 0 aliphatic carbocycles. The van der Waals surface area contributed by atoms with Gasteiger partial charge in [-0.15, -0.1) is 0 Å². The highest BCUT2D eigenvalue weighted by molar-refractivity contribution is 6.32. The fourth-order valence-electron chi connectivity index (χ4n) is 1.78. The van der Waals surface area contributed by atoms with Gasteiger partial charge in [0.1, 0.15) is 23.9 Å². The smallest absolute Gasteiger partial charge is 0.286 e. The Bertz CT molecular complexity index is 642. The molecule has 0 radical (unpaired) electrons. The number of amides is 1. The van der Waals surface area contributed by atoms with Crippen LogP contribution in [0.3, 0.4) is 0 Å². The van der Waals surface area contributed by atoms with Gasteiger partial charge in [-0.2, -0.15) is 0 Å². The van der Waals surface area contributed by atoms with E-state index in [0.717, 1.165) is 12.8 Å². The fourth-order valence-corrected chi connectivity index (χ4v) is 2.01. The van der Waals surface area contributed by atoms with Crippen molar-refractivity contribution >= 4 is 17.5 Å². The molecule has 0 saturated heterocycles. The lowest BCUT2D eigenvalue weighted by atomic mass is 10.3. The molecule has 1 N–H and O–H groups in total. The van der Waals surface area contributed by atoms with Crippen LogP contribution in [0.4, 0.5) is 4.39 Å². The van der Waals surface area contributed by atoms with E-state index in [0.29, 0.717) is 18.1 Å². The minimum atomic E-state index is -0.429. The molecule has 1 amide bonds. The average Bonchev–Trinajstić information content (AvgIpc) is 2.95. The zero-order valence-electron chi connectivity index (χ0n) is 12.2. The van der Waals surface area contributed by atoms with Crippen LogP contribution in [0.5, 0.6) is 5.75 Å². The summed E-state index contributed by atoms with van der Waals surface area (Å²) in [6.07, 6.45) is 1.93. The molecule has 0 spiro atoms. The van der Waals surface area contributed by atoms with Crippen molar-refractivity contribution in [2.75, 3.05) is 6.54 Å². The van der Waals surface area contributed by atoms with Crippen LogP contribution in [0.2, 0.25) is 5.02 Å². The first-order chi connectivity index (χ1) is 10.6. The molecular formula is C16H17ClFNO3. The Hall–Kier alpha value is -2.01. The molecule has 22 heavy (non-hydrogen) atoms. The highest BCUT2D eigenvalue weighted by Gasteiger charge is 2.11. The van der Waals surface area contributed by atoms with E-state index < -0.39 is 5.82 Å². The van der Waals surface area contributed by atoms with Gasteiger partial charge in [0.2, 0.25) is 0 Å². The van der Waals surface area contributed by atoms with Crippen molar-refractivity contribution < 1.29 is 18.3 Å². The predicted octanol–water partition coefficient (Wildman–Crippen LogP) is 4.18. The van der Waals surface area contributed by atoms with E-state index in [9.17, 15) is 9.18 Å². The molecule has 0 saturated carbocycles. The molecule has 6 heteroatoms. The first-order valence-electron chi connectivity index (χ1n) is 7.05. The van der Waals surface area contributed by atoms with Crippen LogP contribution in [-0.2, 0) is 6.61 Å². The van der Waals surface area contributed by atoms with Gasteiger partial charge >= 0.3 is 0 Å². The number of furan rings is 1. The molecule has 0 atom stereocenters. The van der Waals surface area contributed by atoms with Gasteiger partial charge in [-0.25, -0.2) is 4.39 Å². The van der Waals surface area contributed by atoms with Crippen LogP contribution in [0.1, 0.15) is 36.1 Å². The molecule has 4 nitrogen and oxygen atoms in total. The summed E-state index contributed by atoms with van der Waals surface area (Å²) in [5.74, 6) is 0.398. The zero-order chi connectivity index (χ0) is 15.9. The molecule has 2 rings (SSSR count). The van der Waals surface area contributed by atoms with Gasteiger partial charge in [-0.1, -0.05) is 24.9 Å². The number of ether oxygens (including phenoxy) is 1. The van der Waals surface area contributed by atoms with Gasteiger partial charge < -0.3 is 14.5 Å². The van der Waals surface area contributed by atoms with E-state index in [1.807, 2.05) is 0 Å². The molecule has 1 heterocycles. The molecule has 0 aliphatic heterocycles. The SMILES string of the molecule is CCCCNC(=O)c1ccc(COc2ccc(F)cc2Cl)o1. The van der Waals surface area contributed by atoms with Crippen molar-refractivity contribution in [1.82, 2.24) is 5.32 Å². The summed E-state index contributed by atoms with van der Waals surface area (Å²) in [4.78, 5) is 11.8. The first-order valence-corrected chi connectivity index (χ1v) is 7.42. The fraction of sp³-hybridized carbons (Fsp3) is 0.312. The molecule has 1 aromatic carbocycles. The largest absolute Gasteiger partial charge is 0.484 e. The molecule has 118 valence electrons. The van der Waals surface area contributed by atoms with E-state index >= 15 is 0 Å². The normalized spacial score (nSPS) is 10.5. The third-order valence-corrected chi connectivity index (χ3v) is 3.26. The number of carbonyl (C=O) groups excluding carboxylic acids is 1. The minimum absolute atomic E-state index is 0.105. The highest BCUT2D eigenvalue weighted by atomic mass is 35.5. The predicted molar refractivity (Wildman–Crippen MR) is 81.7 cm³/mol. The second-order valence-electron chi connectivity index (χ2n) is 4.74. The van der Waals surface area contributed by atoms with Crippen molar-refractivity contribution in [2.24, 2.45) is 0 Å². The van der Waals surface area contributed by atoms with Crippen molar-refractivity contribution in [2.45, 2.75) is 26.4 Å². The van der Waals surface area contributed by atoms with Crippen LogP contribution in [-0.4, -0.2) is 12.5 Å². The number of benzene rings is 1. The Balaban J connectivity index is 1.90. The molecule has 0 aliphatic rings. The van der Waals surface area contributed by atoms with Crippen molar-refractivity contribution in [1.29, 1.82) is 0 Å². The van der Waals surface area contributed by atoms with Gasteiger partial charge in [0.05, 0.1) is 5.02 Å². The lowest BCUT2D eigenvalue weighted by molar-refractivity contribution is 0.0921. The van der Waals surface area contributed by atoms with Crippen LogP contribution in [0, 0.1) is 5.82 Å². The summed E-state index contributed by atoms with van der Waals surface area (Å²) in [6.45, 7) is 2.77. The van der Waals surface area contributed by atoms with Gasteiger partial charge in [-0.3, -0.25) is 4.79 Å². The average molecular weight is 326 g/mol. The topological polar surface area (TPSA) is 51.5 Å². The molecule has 1 aromatic heterocycles. The van der Waals surface area contributed by atoms with Crippen LogP contribution >= 0.6 is 11.6 Å². The lowest BCUT2D eigenvalue weighted by Crippen LogP contribution is -2.23. The number of halogens is 2. The van der Waals surface area contributed by atoms with E-state index in [4.69, 9.17) is 20.8 Å². The maximum Gasteiger partial charge on any atom is 0.286 e. The molecule has 0 fully saturated rings. The Morgan fingerprint density at radius 1 is 1.36 bits per heavy atom. The number of carbonyl (C=O) groups is 1. The standard InChI is InChI=1S/C16H17ClFNO3/c1-2-3-8-19-16(20)15-7-5-12(22-15)10-21-14-6-4-11(18)9-13(14)17/h4-7,9H,2-3,8,10H2,1H3,(H,19,20).